The number of hydrogen-bond donors (Lipinski definition) is 1. The van der Waals surface area contributed by atoms with Gasteiger partial charge in [0.2, 0.25) is 0 Å². The predicted octanol–water partition coefficient (Wildman–Crippen LogP) is 17.9. The molecule has 3 heteroatoms. The van der Waals surface area contributed by atoms with Crippen LogP contribution < -0.4 is 5.32 Å². The zero-order chi connectivity index (χ0) is 46.8. The summed E-state index contributed by atoms with van der Waals surface area (Å²) in [6.07, 6.45) is 2.50. The van der Waals surface area contributed by atoms with Gasteiger partial charge in [0.1, 0.15) is 5.82 Å². The number of nitrogens with one attached hydrogen (secondary N) is 1. The number of imidazole rings is 1. The Morgan fingerprint density at radius 1 is 0.352 bits per heavy atom. The fraction of sp³-hybridized carbons (Fsp3) is 0.0147. The van der Waals surface area contributed by atoms with Crippen LogP contribution in [-0.4, -0.2) is 9.55 Å². The van der Waals surface area contributed by atoms with Gasteiger partial charge in [-0.2, -0.15) is 0 Å². The molecule has 1 unspecified atom stereocenters. The van der Waals surface area contributed by atoms with Gasteiger partial charge in [-0.25, -0.2) is 4.98 Å². The average Bonchev–Trinajstić information content (AvgIpc) is 3.86. The molecule has 1 aliphatic heterocycles. The summed E-state index contributed by atoms with van der Waals surface area (Å²) in [6, 6.07) is 92.4. The molecule has 3 nitrogen and oxygen atoms in total. The maximum absolute atomic E-state index is 5.46. The molecule has 14 rings (SSSR count). The van der Waals surface area contributed by atoms with E-state index in [0.29, 0.717) is 0 Å². The molecular formula is C68H45N3. The van der Waals surface area contributed by atoms with Gasteiger partial charge in [0.05, 0.1) is 23.1 Å². The van der Waals surface area contributed by atoms with E-state index in [0.717, 1.165) is 50.8 Å². The lowest BCUT2D eigenvalue weighted by atomic mass is 9.81. The Balaban J connectivity index is 0.993. The van der Waals surface area contributed by atoms with Crippen molar-refractivity contribution in [1.29, 1.82) is 0 Å². The van der Waals surface area contributed by atoms with Crippen molar-refractivity contribution in [3.05, 3.63) is 278 Å². The molecule has 1 aliphatic rings. The summed E-state index contributed by atoms with van der Waals surface area (Å²) in [5.74, 6) is 0.896. The molecule has 71 heavy (non-hydrogen) atoms. The SMILES string of the molecule is C1=C(c2cc3ccccc3c3ccccc23)c2cc(-c3ccc(-n4c(-c5ccccc5)nc(-c5ccccc5)c4-c4ccccc4)cc3)c3ccccc3c2NC1c1cc2ccccc2c2ccccc12. The molecule has 2 heterocycles. The molecule has 0 saturated heterocycles. The van der Waals surface area contributed by atoms with Crippen molar-refractivity contribution in [1.82, 2.24) is 9.55 Å². The van der Waals surface area contributed by atoms with E-state index in [-0.39, 0.29) is 6.04 Å². The van der Waals surface area contributed by atoms with Gasteiger partial charge >= 0.3 is 0 Å². The first kappa shape index (κ1) is 40.7. The molecule has 0 fully saturated rings. The van der Waals surface area contributed by atoms with Gasteiger partial charge in [0.25, 0.3) is 0 Å². The minimum absolute atomic E-state index is 0.112. The Morgan fingerprint density at radius 2 is 0.845 bits per heavy atom. The number of benzene rings is 12. The second-order valence-corrected chi connectivity index (χ2v) is 18.6. The Kier molecular flexibility index (Phi) is 9.60. The smallest absolute Gasteiger partial charge is 0.145 e. The summed E-state index contributed by atoms with van der Waals surface area (Å²) < 4.78 is 2.34. The highest BCUT2D eigenvalue weighted by Gasteiger charge is 2.28. The van der Waals surface area contributed by atoms with E-state index in [1.54, 1.807) is 0 Å². The Bertz CT molecular complexity index is 4230. The van der Waals surface area contributed by atoms with E-state index in [9.17, 15) is 0 Å². The standard InChI is InChI=1S/C68H45N3/c1-4-20-45(21-5-1)65-67(46-22-6-2-7-23-46)71(68(70-65)47-24-8-3-9-25-47)50-38-36-44(37-39-50)59-42-63-61(60-40-48-26-10-12-28-51(48)53-30-14-16-32-55(53)60)43-64(69-66(63)58-35-19-18-34-57(58)59)62-41-49-27-11-13-29-52(49)54-31-15-17-33-56(54)62/h1-43,64,69H. The lowest BCUT2D eigenvalue weighted by Gasteiger charge is -2.31. The summed E-state index contributed by atoms with van der Waals surface area (Å²) in [4.78, 5) is 5.46. The van der Waals surface area contributed by atoms with Crippen LogP contribution in [0, 0.1) is 0 Å². The van der Waals surface area contributed by atoms with Crippen molar-refractivity contribution in [3.63, 3.8) is 0 Å². The van der Waals surface area contributed by atoms with Gasteiger partial charge in [-0.3, -0.25) is 4.57 Å². The third kappa shape index (κ3) is 6.77. The molecule has 0 amide bonds. The molecule has 13 aromatic rings. The van der Waals surface area contributed by atoms with Crippen LogP contribution in [0.25, 0.3) is 110 Å². The second-order valence-electron chi connectivity index (χ2n) is 18.6. The van der Waals surface area contributed by atoms with Gasteiger partial charge in [0.15, 0.2) is 0 Å². The number of nitrogens with zero attached hydrogens (tertiary/aromatic N) is 2. The predicted molar refractivity (Wildman–Crippen MR) is 299 cm³/mol. The van der Waals surface area contributed by atoms with Crippen LogP contribution in [0.3, 0.4) is 0 Å². The molecule has 0 saturated carbocycles. The van der Waals surface area contributed by atoms with Crippen LogP contribution in [0.5, 0.6) is 0 Å². The van der Waals surface area contributed by atoms with Crippen molar-refractivity contribution in [2.24, 2.45) is 0 Å². The lowest BCUT2D eigenvalue weighted by molar-refractivity contribution is 0.991. The molecule has 0 aliphatic carbocycles. The van der Waals surface area contributed by atoms with Crippen molar-refractivity contribution >= 4 is 65.1 Å². The van der Waals surface area contributed by atoms with Gasteiger partial charge in [-0.05, 0) is 113 Å². The first-order valence-electron chi connectivity index (χ1n) is 24.5. The largest absolute Gasteiger partial charge is 0.374 e. The minimum Gasteiger partial charge on any atom is -0.374 e. The Morgan fingerprint density at radius 3 is 1.49 bits per heavy atom. The fourth-order valence-corrected chi connectivity index (χ4v) is 11.4. The second kappa shape index (κ2) is 16.7. The first-order valence-corrected chi connectivity index (χ1v) is 24.5. The quantitative estimate of drug-likeness (QED) is 0.162. The summed E-state index contributed by atoms with van der Waals surface area (Å²) >= 11 is 0. The summed E-state index contributed by atoms with van der Waals surface area (Å²) in [7, 11) is 0. The van der Waals surface area contributed by atoms with E-state index < -0.39 is 0 Å². The van der Waals surface area contributed by atoms with Gasteiger partial charge in [-0.15, -0.1) is 0 Å². The van der Waals surface area contributed by atoms with Gasteiger partial charge in [0, 0.05) is 33.3 Å². The van der Waals surface area contributed by atoms with Crippen molar-refractivity contribution < 1.29 is 0 Å². The Hall–Kier alpha value is -9.31. The lowest BCUT2D eigenvalue weighted by Crippen LogP contribution is -2.16. The van der Waals surface area contributed by atoms with Gasteiger partial charge < -0.3 is 5.32 Å². The molecule has 0 spiro atoms. The zero-order valence-corrected chi connectivity index (χ0v) is 38.8. The van der Waals surface area contributed by atoms with E-state index in [1.807, 2.05) is 0 Å². The average molecular weight is 904 g/mol. The number of rotatable bonds is 7. The van der Waals surface area contributed by atoms with Crippen molar-refractivity contribution in [2.45, 2.75) is 6.04 Å². The van der Waals surface area contributed by atoms with Crippen molar-refractivity contribution in [2.75, 3.05) is 5.32 Å². The molecule has 12 aromatic carbocycles. The van der Waals surface area contributed by atoms with Crippen LogP contribution >= 0.6 is 0 Å². The highest BCUT2D eigenvalue weighted by Crippen LogP contribution is 2.49. The van der Waals surface area contributed by atoms with E-state index >= 15 is 0 Å². The summed E-state index contributed by atoms with van der Waals surface area (Å²) in [6.45, 7) is 0. The molecule has 332 valence electrons. The highest BCUT2D eigenvalue weighted by atomic mass is 15.1. The normalized spacial score (nSPS) is 13.4. The highest BCUT2D eigenvalue weighted by molar-refractivity contribution is 6.17. The van der Waals surface area contributed by atoms with Crippen molar-refractivity contribution in [3.8, 4) is 50.7 Å². The number of hydrogen-bond acceptors (Lipinski definition) is 2. The first-order chi connectivity index (χ1) is 35.2. The van der Waals surface area contributed by atoms with Crippen LogP contribution in [0.2, 0.25) is 0 Å². The fourth-order valence-electron chi connectivity index (χ4n) is 11.4. The third-order valence-electron chi connectivity index (χ3n) is 14.6. The summed E-state index contributed by atoms with van der Waals surface area (Å²) in [5, 5.41) is 16.6. The topological polar surface area (TPSA) is 29.9 Å². The van der Waals surface area contributed by atoms with E-state index in [2.05, 4.69) is 271 Å². The molecule has 1 N–H and O–H groups in total. The maximum Gasteiger partial charge on any atom is 0.145 e. The Labute approximate surface area is 412 Å². The van der Waals surface area contributed by atoms with Crippen LogP contribution in [-0.2, 0) is 0 Å². The van der Waals surface area contributed by atoms with Crippen LogP contribution in [0.1, 0.15) is 22.7 Å². The zero-order valence-electron chi connectivity index (χ0n) is 38.8. The monoisotopic (exact) mass is 903 g/mol. The molecular weight excluding hydrogens is 859 g/mol. The molecule has 1 atom stereocenters. The van der Waals surface area contributed by atoms with Gasteiger partial charge in [-0.1, -0.05) is 224 Å². The van der Waals surface area contributed by atoms with E-state index in [4.69, 9.17) is 4.98 Å². The molecule has 0 bridgehead atoms. The number of anilines is 1. The number of aromatic nitrogens is 2. The minimum atomic E-state index is -0.112. The summed E-state index contributed by atoms with van der Waals surface area (Å²) in [5.41, 5.74) is 14.6. The van der Waals surface area contributed by atoms with Crippen LogP contribution in [0.4, 0.5) is 5.69 Å². The van der Waals surface area contributed by atoms with Crippen LogP contribution in [0.15, 0.2) is 261 Å². The van der Waals surface area contributed by atoms with E-state index in [1.165, 1.54) is 81.7 Å². The number of fused-ring (bicyclic) bond motifs is 9. The third-order valence-corrected chi connectivity index (χ3v) is 14.6. The maximum atomic E-state index is 5.46. The molecule has 1 aromatic heterocycles. The molecule has 0 radical (unpaired) electrons.